The van der Waals surface area contributed by atoms with Crippen LogP contribution in [0.5, 0.6) is 0 Å². The molecule has 0 saturated carbocycles. The third kappa shape index (κ3) is 8.19. The van der Waals surface area contributed by atoms with E-state index in [1.165, 1.54) is 22.3 Å². The van der Waals surface area contributed by atoms with Crippen molar-refractivity contribution >= 4 is 0 Å². The summed E-state index contributed by atoms with van der Waals surface area (Å²) in [5, 5.41) is 0. The molecule has 0 amide bonds. The topological polar surface area (TPSA) is 0 Å². The normalized spacial score (nSPS) is 15.8. The van der Waals surface area contributed by atoms with Crippen LogP contribution in [0, 0.1) is 12.2 Å². The summed E-state index contributed by atoms with van der Waals surface area (Å²) in [6.45, 7) is 8.53. The largest absolute Gasteiger partial charge is 4.00 e. The van der Waals surface area contributed by atoms with Crippen molar-refractivity contribution in [1.82, 2.24) is 0 Å². The monoisotopic (exact) mass is 346 g/mol. The predicted octanol–water partition coefficient (Wildman–Crippen LogP) is -1.82. The van der Waals surface area contributed by atoms with Crippen LogP contribution in [0.25, 0.3) is 0 Å². The van der Waals surface area contributed by atoms with Crippen LogP contribution in [0.1, 0.15) is 40.5 Å². The Hall–Kier alpha value is 0.423. The molecule has 0 aliphatic heterocycles. The molecule has 3 heteroatoms. The van der Waals surface area contributed by atoms with Crippen molar-refractivity contribution in [3.05, 3.63) is 46.6 Å². The van der Waals surface area contributed by atoms with Crippen LogP contribution >= 0.6 is 0 Å². The maximum atomic E-state index is 3.12. The van der Waals surface area contributed by atoms with Crippen molar-refractivity contribution in [3.8, 4) is 0 Å². The summed E-state index contributed by atoms with van der Waals surface area (Å²) in [4.78, 5) is 0. The standard InChI is InChI=1S/2C7H9.2ClH.Zr/c2*1-6-4-3-5-7(6)2;;;/h2*4H,5H2,1-2H3;2*1H;/q2*-1;;;+4/p-2. The number of rotatable bonds is 0. The van der Waals surface area contributed by atoms with E-state index in [1.807, 2.05) is 0 Å². The van der Waals surface area contributed by atoms with Crippen molar-refractivity contribution in [2.24, 2.45) is 0 Å². The Morgan fingerprint density at radius 2 is 1.06 bits per heavy atom. The first-order valence-electron chi connectivity index (χ1n) is 5.07. The Morgan fingerprint density at radius 3 is 1.12 bits per heavy atom. The zero-order valence-electron chi connectivity index (χ0n) is 10.8. The first-order valence-corrected chi connectivity index (χ1v) is 5.07. The summed E-state index contributed by atoms with van der Waals surface area (Å²) in [6.07, 6.45) is 12.4. The van der Waals surface area contributed by atoms with Crippen molar-refractivity contribution in [1.29, 1.82) is 0 Å². The van der Waals surface area contributed by atoms with Gasteiger partial charge in [0.05, 0.1) is 0 Å². The molecule has 0 aromatic rings. The van der Waals surface area contributed by atoms with Gasteiger partial charge < -0.3 is 24.8 Å². The molecule has 0 heterocycles. The van der Waals surface area contributed by atoms with Gasteiger partial charge in [0, 0.05) is 0 Å². The van der Waals surface area contributed by atoms with Crippen LogP contribution in [0.15, 0.2) is 34.4 Å². The van der Waals surface area contributed by atoms with E-state index in [9.17, 15) is 0 Å². The molecule has 0 aromatic carbocycles. The molecule has 0 spiro atoms. The number of allylic oxidation sites excluding steroid dienone is 8. The summed E-state index contributed by atoms with van der Waals surface area (Å²) >= 11 is 0. The van der Waals surface area contributed by atoms with E-state index in [-0.39, 0.29) is 51.0 Å². The number of halogens is 2. The van der Waals surface area contributed by atoms with Gasteiger partial charge in [-0.05, 0) is 0 Å². The van der Waals surface area contributed by atoms with Crippen LogP contribution in [0.2, 0.25) is 0 Å². The molecule has 0 saturated heterocycles. The van der Waals surface area contributed by atoms with Crippen molar-refractivity contribution < 1.29 is 51.0 Å². The minimum Gasteiger partial charge on any atom is -1.00 e. The van der Waals surface area contributed by atoms with Crippen LogP contribution in [0.3, 0.4) is 0 Å². The van der Waals surface area contributed by atoms with Gasteiger partial charge in [-0.15, -0.1) is 26.7 Å². The number of hydrogen-bond donors (Lipinski definition) is 0. The molecule has 2 aliphatic rings. The van der Waals surface area contributed by atoms with Gasteiger partial charge in [-0.25, -0.2) is 23.3 Å². The van der Waals surface area contributed by atoms with Gasteiger partial charge in [0.25, 0.3) is 0 Å². The van der Waals surface area contributed by atoms with E-state index < -0.39 is 0 Å². The summed E-state index contributed by atoms with van der Waals surface area (Å²) in [6, 6.07) is 0. The molecular formula is C14H18Cl2Zr. The molecule has 0 N–H and O–H groups in total. The zero-order chi connectivity index (χ0) is 10.6. The molecule has 2 aliphatic carbocycles. The average Bonchev–Trinajstić information content (AvgIpc) is 2.67. The average molecular weight is 348 g/mol. The summed E-state index contributed by atoms with van der Waals surface area (Å²) in [7, 11) is 0. The Balaban J connectivity index is -0.000000196. The van der Waals surface area contributed by atoms with E-state index in [2.05, 4.69) is 52.0 Å². The van der Waals surface area contributed by atoms with Crippen LogP contribution < -0.4 is 24.8 Å². The van der Waals surface area contributed by atoms with Gasteiger partial charge in [-0.3, -0.25) is 12.2 Å². The quantitative estimate of drug-likeness (QED) is 0.452. The molecule has 17 heavy (non-hydrogen) atoms. The van der Waals surface area contributed by atoms with Gasteiger partial charge in [-0.2, -0.15) is 11.1 Å². The Kier molecular flexibility index (Phi) is 15.3. The van der Waals surface area contributed by atoms with E-state index in [0.717, 1.165) is 12.8 Å². The maximum Gasteiger partial charge on any atom is 4.00 e. The fraction of sp³-hybridized carbons (Fsp3) is 0.429. The van der Waals surface area contributed by atoms with Gasteiger partial charge in [0.1, 0.15) is 0 Å². The van der Waals surface area contributed by atoms with Crippen molar-refractivity contribution in [3.63, 3.8) is 0 Å². The second-order valence-corrected chi connectivity index (χ2v) is 3.98. The molecule has 2 rings (SSSR count). The first-order chi connectivity index (χ1) is 6.61. The molecule has 0 bridgehead atoms. The molecule has 92 valence electrons. The molecule has 0 atom stereocenters. The van der Waals surface area contributed by atoms with Crippen LogP contribution in [-0.2, 0) is 26.2 Å². The predicted molar refractivity (Wildman–Crippen MR) is 61.6 cm³/mol. The smallest absolute Gasteiger partial charge is 1.00 e. The Labute approximate surface area is 137 Å². The van der Waals surface area contributed by atoms with E-state index >= 15 is 0 Å². The minimum atomic E-state index is 0. The van der Waals surface area contributed by atoms with Gasteiger partial charge >= 0.3 is 26.2 Å². The van der Waals surface area contributed by atoms with Crippen molar-refractivity contribution in [2.75, 3.05) is 0 Å². The first kappa shape index (κ1) is 22.6. The van der Waals surface area contributed by atoms with E-state index in [0.29, 0.717) is 0 Å². The third-order valence-corrected chi connectivity index (χ3v) is 2.72. The van der Waals surface area contributed by atoms with Crippen LogP contribution in [-0.4, -0.2) is 0 Å². The summed E-state index contributed by atoms with van der Waals surface area (Å²) < 4.78 is 0. The van der Waals surface area contributed by atoms with Gasteiger partial charge in [0.2, 0.25) is 0 Å². The molecule has 0 radical (unpaired) electrons. The Bertz CT molecular complexity index is 302. The molecule has 0 aromatic heterocycles. The van der Waals surface area contributed by atoms with Crippen molar-refractivity contribution in [2.45, 2.75) is 40.5 Å². The van der Waals surface area contributed by atoms with Gasteiger partial charge in [-0.1, -0.05) is 13.8 Å². The molecular weight excluding hydrogens is 330 g/mol. The SMILES string of the molecule is CC1=C(C)C[C-]=C1.CC1=C(C)C[C-]=C1.[Cl-].[Cl-].[Zr+4]. The molecule has 0 fully saturated rings. The fourth-order valence-corrected chi connectivity index (χ4v) is 1.24. The molecule has 0 unspecified atom stereocenters. The Morgan fingerprint density at radius 1 is 0.765 bits per heavy atom. The van der Waals surface area contributed by atoms with Crippen LogP contribution in [0.4, 0.5) is 0 Å². The second kappa shape index (κ2) is 11.5. The summed E-state index contributed by atoms with van der Waals surface area (Å²) in [5.74, 6) is 0. The van der Waals surface area contributed by atoms with E-state index in [1.54, 1.807) is 0 Å². The number of hydrogen-bond acceptors (Lipinski definition) is 0. The van der Waals surface area contributed by atoms with Gasteiger partial charge in [0.15, 0.2) is 0 Å². The minimum absolute atomic E-state index is 0. The third-order valence-electron chi connectivity index (χ3n) is 2.72. The zero-order valence-corrected chi connectivity index (χ0v) is 14.8. The fourth-order valence-electron chi connectivity index (χ4n) is 1.24. The molecule has 0 nitrogen and oxygen atoms in total. The summed E-state index contributed by atoms with van der Waals surface area (Å²) in [5.41, 5.74) is 5.69. The maximum absolute atomic E-state index is 3.12. The second-order valence-electron chi connectivity index (χ2n) is 3.98. The van der Waals surface area contributed by atoms with E-state index in [4.69, 9.17) is 0 Å².